The lowest BCUT2D eigenvalue weighted by Gasteiger charge is -2.52. The number of imidazole rings is 1. The monoisotopic (exact) mass is 415 g/mol. The van der Waals surface area contributed by atoms with E-state index in [1.165, 1.54) is 0 Å². The Kier molecular flexibility index (Phi) is 4.03. The molecule has 1 saturated carbocycles. The summed E-state index contributed by atoms with van der Waals surface area (Å²) in [5, 5.41) is 4.52. The van der Waals surface area contributed by atoms with Gasteiger partial charge in [-0.1, -0.05) is 0 Å². The Labute approximate surface area is 179 Å². The first kappa shape index (κ1) is 18.4. The molecule has 1 spiro atoms. The number of nitrogens with one attached hydrogen (secondary N) is 2. The minimum absolute atomic E-state index is 0.195. The van der Waals surface area contributed by atoms with Crippen LogP contribution in [-0.2, 0) is 4.79 Å². The van der Waals surface area contributed by atoms with E-state index in [9.17, 15) is 4.79 Å². The summed E-state index contributed by atoms with van der Waals surface area (Å²) in [6.07, 6.45) is 14.2. The van der Waals surface area contributed by atoms with E-state index in [1.54, 1.807) is 13.1 Å². The van der Waals surface area contributed by atoms with Crippen molar-refractivity contribution in [1.82, 2.24) is 29.2 Å². The van der Waals surface area contributed by atoms with Gasteiger partial charge in [0.1, 0.15) is 11.3 Å². The van der Waals surface area contributed by atoms with Crippen molar-refractivity contribution >= 4 is 28.5 Å². The van der Waals surface area contributed by atoms with Crippen LogP contribution in [0.1, 0.15) is 32.6 Å². The van der Waals surface area contributed by atoms with Crippen molar-refractivity contribution in [1.29, 1.82) is 0 Å². The van der Waals surface area contributed by atoms with Gasteiger partial charge in [0, 0.05) is 73.6 Å². The Morgan fingerprint density at radius 3 is 2.87 bits per heavy atom. The zero-order valence-corrected chi connectivity index (χ0v) is 17.5. The van der Waals surface area contributed by atoms with Crippen molar-refractivity contribution in [3.63, 3.8) is 0 Å². The third-order valence-corrected chi connectivity index (χ3v) is 7.09. The van der Waals surface area contributed by atoms with Crippen molar-refractivity contribution in [3.8, 4) is 11.1 Å². The van der Waals surface area contributed by atoms with E-state index in [2.05, 4.69) is 32.5 Å². The van der Waals surface area contributed by atoms with Gasteiger partial charge in [0.2, 0.25) is 11.9 Å². The normalized spacial score (nSPS) is 18.5. The predicted octanol–water partition coefficient (Wildman–Crippen LogP) is 3.48. The second kappa shape index (κ2) is 6.80. The first-order valence-electron chi connectivity index (χ1n) is 10.9. The summed E-state index contributed by atoms with van der Waals surface area (Å²) in [6, 6.07) is 4.49. The quantitative estimate of drug-likeness (QED) is 0.535. The lowest BCUT2D eigenvalue weighted by atomic mass is 9.60. The molecular formula is C23H25N7O. The van der Waals surface area contributed by atoms with E-state index in [1.807, 2.05) is 34.0 Å². The topological polar surface area (TPSA) is 91.2 Å². The molecule has 0 atom stereocenters. The first-order chi connectivity index (χ1) is 15.1. The van der Waals surface area contributed by atoms with Crippen molar-refractivity contribution in [3.05, 3.63) is 43.1 Å². The Morgan fingerprint density at radius 2 is 2.06 bits per heavy atom. The zero-order valence-electron chi connectivity index (χ0n) is 17.5. The highest BCUT2D eigenvalue weighted by atomic mass is 16.2. The van der Waals surface area contributed by atoms with Gasteiger partial charge in [0.05, 0.1) is 0 Å². The Balaban J connectivity index is 1.15. The smallest absolute Gasteiger partial charge is 0.224 e. The molecule has 4 aromatic heterocycles. The number of fused-ring (bicyclic) bond motifs is 2. The maximum Gasteiger partial charge on any atom is 0.224 e. The number of piperidine rings is 1. The van der Waals surface area contributed by atoms with E-state index < -0.39 is 0 Å². The molecule has 0 radical (unpaired) electrons. The molecule has 0 bridgehead atoms. The van der Waals surface area contributed by atoms with Crippen LogP contribution in [0.3, 0.4) is 0 Å². The van der Waals surface area contributed by atoms with Crippen LogP contribution >= 0.6 is 0 Å². The van der Waals surface area contributed by atoms with E-state index in [0.29, 0.717) is 17.4 Å². The van der Waals surface area contributed by atoms with Crippen LogP contribution < -0.4 is 5.32 Å². The van der Waals surface area contributed by atoms with Gasteiger partial charge in [-0.3, -0.25) is 4.79 Å². The summed E-state index contributed by atoms with van der Waals surface area (Å²) < 4.78 is 2.01. The van der Waals surface area contributed by atoms with Crippen molar-refractivity contribution in [2.24, 2.45) is 5.41 Å². The number of rotatable bonds is 3. The van der Waals surface area contributed by atoms with Crippen LogP contribution in [-0.4, -0.2) is 54.3 Å². The van der Waals surface area contributed by atoms with Gasteiger partial charge in [-0.15, -0.1) is 0 Å². The lowest BCUT2D eigenvalue weighted by Crippen LogP contribution is -2.52. The number of pyridine rings is 1. The average molecular weight is 416 g/mol. The number of aromatic amines is 1. The summed E-state index contributed by atoms with van der Waals surface area (Å²) in [7, 11) is 0. The first-order valence-corrected chi connectivity index (χ1v) is 10.9. The van der Waals surface area contributed by atoms with E-state index >= 15 is 0 Å². The third kappa shape index (κ3) is 3.13. The fraction of sp³-hybridized carbons (Fsp3) is 0.391. The molecule has 2 fully saturated rings. The van der Waals surface area contributed by atoms with E-state index in [0.717, 1.165) is 66.6 Å². The Bertz CT molecular complexity index is 1270. The van der Waals surface area contributed by atoms with Gasteiger partial charge < -0.3 is 19.6 Å². The largest absolute Gasteiger partial charge is 0.351 e. The molecule has 5 heterocycles. The summed E-state index contributed by atoms with van der Waals surface area (Å²) in [5.41, 5.74) is 4.33. The number of carbonyl (C=O) groups excluding carboxylic acids is 1. The molecule has 158 valence electrons. The number of nitrogens with zero attached hydrogens (tertiary/aromatic N) is 5. The molecule has 0 unspecified atom stereocenters. The van der Waals surface area contributed by atoms with Crippen LogP contribution in [0.5, 0.6) is 0 Å². The van der Waals surface area contributed by atoms with Crippen molar-refractivity contribution < 1.29 is 4.79 Å². The van der Waals surface area contributed by atoms with Crippen LogP contribution in [0.2, 0.25) is 0 Å². The average Bonchev–Trinajstić information content (AvgIpc) is 3.39. The van der Waals surface area contributed by atoms with Crippen molar-refractivity contribution in [2.75, 3.05) is 18.4 Å². The highest BCUT2D eigenvalue weighted by Crippen LogP contribution is 2.49. The molecule has 1 saturated heterocycles. The molecule has 2 N–H and O–H groups in total. The lowest BCUT2D eigenvalue weighted by molar-refractivity contribution is -0.132. The summed E-state index contributed by atoms with van der Waals surface area (Å²) in [5.74, 6) is 0.868. The minimum Gasteiger partial charge on any atom is -0.351 e. The van der Waals surface area contributed by atoms with Crippen molar-refractivity contribution in [2.45, 2.75) is 38.6 Å². The molecule has 2 aliphatic rings. The number of anilines is 1. The molecule has 1 amide bonds. The predicted molar refractivity (Wildman–Crippen MR) is 119 cm³/mol. The molecular weight excluding hydrogens is 390 g/mol. The van der Waals surface area contributed by atoms with Gasteiger partial charge in [-0.25, -0.2) is 9.97 Å². The van der Waals surface area contributed by atoms with E-state index in [4.69, 9.17) is 4.98 Å². The molecule has 8 heteroatoms. The molecule has 1 aliphatic heterocycles. The maximum absolute atomic E-state index is 11.6. The van der Waals surface area contributed by atoms with Gasteiger partial charge in [0.15, 0.2) is 0 Å². The molecule has 8 nitrogen and oxygen atoms in total. The second-order valence-corrected chi connectivity index (χ2v) is 9.02. The number of hydrogen-bond acceptors (Lipinski definition) is 5. The van der Waals surface area contributed by atoms with Crippen LogP contribution in [0.25, 0.3) is 27.8 Å². The molecule has 0 aromatic carbocycles. The zero-order chi connectivity index (χ0) is 21.0. The van der Waals surface area contributed by atoms with Gasteiger partial charge in [-0.05, 0) is 43.2 Å². The molecule has 1 aliphatic carbocycles. The highest BCUT2D eigenvalue weighted by Gasteiger charge is 2.46. The number of H-pyrrole nitrogens is 1. The molecule has 4 aromatic rings. The number of likely N-dealkylation sites (tertiary alicyclic amines) is 1. The van der Waals surface area contributed by atoms with Gasteiger partial charge in [-0.2, -0.15) is 4.98 Å². The van der Waals surface area contributed by atoms with E-state index in [-0.39, 0.29) is 5.91 Å². The number of carbonyl (C=O) groups is 1. The SMILES string of the molecule is CC(=O)N1CCC2(CC1)CC(Nc1ncc3c(-c4ccc5nccn5c4)c[nH]c3n1)C2. The number of aromatic nitrogens is 5. The highest BCUT2D eigenvalue weighted by molar-refractivity contribution is 5.93. The van der Waals surface area contributed by atoms with Gasteiger partial charge >= 0.3 is 0 Å². The Morgan fingerprint density at radius 1 is 1.23 bits per heavy atom. The molecule has 6 rings (SSSR count). The fourth-order valence-corrected chi connectivity index (χ4v) is 5.27. The second-order valence-electron chi connectivity index (χ2n) is 9.02. The minimum atomic E-state index is 0.195. The molecule has 31 heavy (non-hydrogen) atoms. The summed E-state index contributed by atoms with van der Waals surface area (Å²) in [4.78, 5) is 30.4. The van der Waals surface area contributed by atoms with Crippen LogP contribution in [0.15, 0.2) is 43.1 Å². The summed E-state index contributed by atoms with van der Waals surface area (Å²) >= 11 is 0. The maximum atomic E-state index is 11.6. The number of amides is 1. The van der Waals surface area contributed by atoms with Crippen LogP contribution in [0.4, 0.5) is 5.95 Å². The van der Waals surface area contributed by atoms with Gasteiger partial charge in [0.25, 0.3) is 0 Å². The summed E-state index contributed by atoms with van der Waals surface area (Å²) in [6.45, 7) is 3.44. The third-order valence-electron chi connectivity index (χ3n) is 7.09. The number of hydrogen-bond donors (Lipinski definition) is 2. The Hall–Kier alpha value is -3.42. The van der Waals surface area contributed by atoms with Crippen LogP contribution in [0, 0.1) is 5.41 Å². The fourth-order valence-electron chi connectivity index (χ4n) is 5.27. The standard InChI is InChI=1S/C23H25N7O/c1-15(31)29-7-4-23(5-8-29)10-17(11-23)27-22-26-13-19-18(12-25-21(19)28-22)16-2-3-20-24-6-9-30(20)14-16/h2-3,6,9,12-14,17H,4-5,7-8,10-11H2,1H3,(H2,25,26,27,28).